The Bertz CT molecular complexity index is 1050. The number of hydrogen-bond donors (Lipinski definition) is 3. The zero-order valence-electron chi connectivity index (χ0n) is 19.0. The van der Waals surface area contributed by atoms with Crippen molar-refractivity contribution in [1.29, 1.82) is 0 Å². The second-order valence-electron chi connectivity index (χ2n) is 8.68. The lowest BCUT2D eigenvalue weighted by Gasteiger charge is -2.27. The smallest absolute Gasteiger partial charge is 0.251 e. The fourth-order valence-electron chi connectivity index (χ4n) is 4.36. The van der Waals surface area contributed by atoms with E-state index < -0.39 is 0 Å². The van der Waals surface area contributed by atoms with Crippen LogP contribution in [-0.4, -0.2) is 71.7 Å². The first-order valence-corrected chi connectivity index (χ1v) is 11.3. The number of nitrogens with one attached hydrogen (secondary N) is 2. The summed E-state index contributed by atoms with van der Waals surface area (Å²) in [5.74, 6) is 0.262. The zero-order chi connectivity index (χ0) is 22.5. The van der Waals surface area contributed by atoms with Gasteiger partial charge in [-0.05, 0) is 48.5 Å². The van der Waals surface area contributed by atoms with Crippen LogP contribution in [0.4, 0.5) is 0 Å². The third-order valence-corrected chi connectivity index (χ3v) is 6.09. The van der Waals surface area contributed by atoms with Crippen molar-refractivity contribution in [2.75, 3.05) is 46.3 Å². The molecule has 1 saturated heterocycles. The number of fused-ring (bicyclic) bond motifs is 1. The van der Waals surface area contributed by atoms with E-state index in [-0.39, 0.29) is 11.7 Å². The molecule has 4 rings (SSSR count). The molecule has 32 heavy (non-hydrogen) atoms. The Hall–Kier alpha value is -2.87. The zero-order valence-corrected chi connectivity index (χ0v) is 19.0. The van der Waals surface area contributed by atoms with Gasteiger partial charge in [0.25, 0.3) is 5.91 Å². The van der Waals surface area contributed by atoms with Gasteiger partial charge >= 0.3 is 0 Å². The average Bonchev–Trinajstić information content (AvgIpc) is 3.10. The minimum absolute atomic E-state index is 0.0192. The SMILES string of the molecule is CN(Cc1ccc(O)cc1)Cc1cn(C)c2ccc(C(=O)NCCN3CCNCC3)cc12. The molecule has 0 bridgehead atoms. The van der Waals surface area contributed by atoms with Crippen molar-refractivity contribution >= 4 is 16.8 Å². The van der Waals surface area contributed by atoms with Gasteiger partial charge in [-0.15, -0.1) is 0 Å². The molecule has 0 saturated carbocycles. The Kier molecular flexibility index (Phi) is 7.09. The fourth-order valence-corrected chi connectivity index (χ4v) is 4.36. The highest BCUT2D eigenvalue weighted by Crippen LogP contribution is 2.24. The first kappa shape index (κ1) is 22.3. The number of carbonyl (C=O) groups excluding carboxylic acids is 1. The van der Waals surface area contributed by atoms with E-state index in [1.807, 2.05) is 37.4 Å². The summed E-state index contributed by atoms with van der Waals surface area (Å²) >= 11 is 0. The molecule has 0 radical (unpaired) electrons. The summed E-state index contributed by atoms with van der Waals surface area (Å²) in [7, 11) is 4.12. The highest BCUT2D eigenvalue weighted by atomic mass is 16.3. The molecule has 170 valence electrons. The Balaban J connectivity index is 1.41. The maximum Gasteiger partial charge on any atom is 0.251 e. The number of amides is 1. The van der Waals surface area contributed by atoms with Gasteiger partial charge in [0, 0.05) is 82.1 Å². The maximum atomic E-state index is 12.8. The van der Waals surface area contributed by atoms with E-state index >= 15 is 0 Å². The number of nitrogens with zero attached hydrogens (tertiary/aromatic N) is 3. The van der Waals surface area contributed by atoms with Gasteiger partial charge in [-0.3, -0.25) is 14.6 Å². The van der Waals surface area contributed by atoms with Gasteiger partial charge in [-0.2, -0.15) is 0 Å². The number of piperazine rings is 1. The predicted octanol–water partition coefficient (Wildman–Crippen LogP) is 2.15. The van der Waals surface area contributed by atoms with Gasteiger partial charge in [0.05, 0.1) is 0 Å². The fraction of sp³-hybridized carbons (Fsp3) is 0.400. The Morgan fingerprint density at radius 2 is 1.88 bits per heavy atom. The number of hydrogen-bond acceptors (Lipinski definition) is 5. The van der Waals surface area contributed by atoms with Crippen molar-refractivity contribution in [2.45, 2.75) is 13.1 Å². The summed E-state index contributed by atoms with van der Waals surface area (Å²) in [6.07, 6.45) is 2.14. The number of phenolic OH excluding ortho intramolecular Hbond substituents is 1. The molecular formula is C25H33N5O2. The molecule has 1 aromatic heterocycles. The van der Waals surface area contributed by atoms with Gasteiger partial charge in [-0.1, -0.05) is 12.1 Å². The van der Waals surface area contributed by atoms with Crippen LogP contribution in [0.1, 0.15) is 21.5 Å². The first-order chi connectivity index (χ1) is 15.5. The molecule has 2 aromatic carbocycles. The number of benzene rings is 2. The van der Waals surface area contributed by atoms with Gasteiger partial charge in [-0.25, -0.2) is 0 Å². The van der Waals surface area contributed by atoms with E-state index in [9.17, 15) is 9.90 Å². The molecule has 0 atom stereocenters. The molecule has 1 amide bonds. The normalized spacial score (nSPS) is 14.8. The van der Waals surface area contributed by atoms with Crippen molar-refractivity contribution < 1.29 is 9.90 Å². The number of aromatic nitrogens is 1. The largest absolute Gasteiger partial charge is 0.508 e. The van der Waals surface area contributed by atoms with Crippen LogP contribution >= 0.6 is 0 Å². The van der Waals surface area contributed by atoms with E-state index in [4.69, 9.17) is 0 Å². The molecule has 0 spiro atoms. The van der Waals surface area contributed by atoms with Crippen LogP contribution in [0.25, 0.3) is 10.9 Å². The van der Waals surface area contributed by atoms with Crippen LogP contribution in [-0.2, 0) is 20.1 Å². The van der Waals surface area contributed by atoms with Gasteiger partial charge in [0.1, 0.15) is 5.75 Å². The van der Waals surface area contributed by atoms with E-state index in [2.05, 4.69) is 38.2 Å². The van der Waals surface area contributed by atoms with Crippen LogP contribution in [0.15, 0.2) is 48.7 Å². The molecule has 7 heteroatoms. The summed E-state index contributed by atoms with van der Waals surface area (Å²) in [6.45, 7) is 7.20. The number of aryl methyl sites for hydroxylation is 1. The molecule has 0 unspecified atom stereocenters. The second-order valence-corrected chi connectivity index (χ2v) is 8.68. The van der Waals surface area contributed by atoms with Crippen molar-refractivity contribution in [1.82, 2.24) is 25.0 Å². The predicted molar refractivity (Wildman–Crippen MR) is 128 cm³/mol. The number of phenols is 1. The average molecular weight is 436 g/mol. The third kappa shape index (κ3) is 5.48. The Morgan fingerprint density at radius 3 is 2.62 bits per heavy atom. The second kappa shape index (κ2) is 10.2. The van der Waals surface area contributed by atoms with Gasteiger partial charge in [0.15, 0.2) is 0 Å². The van der Waals surface area contributed by atoms with Crippen molar-refractivity contribution in [3.8, 4) is 5.75 Å². The quantitative estimate of drug-likeness (QED) is 0.506. The van der Waals surface area contributed by atoms with E-state index in [1.54, 1.807) is 12.1 Å². The lowest BCUT2D eigenvalue weighted by atomic mass is 10.1. The third-order valence-electron chi connectivity index (χ3n) is 6.09. The van der Waals surface area contributed by atoms with Crippen molar-refractivity contribution in [3.63, 3.8) is 0 Å². The molecule has 3 N–H and O–H groups in total. The molecule has 1 fully saturated rings. The summed E-state index contributed by atoms with van der Waals surface area (Å²) in [5, 5.41) is 17.0. The van der Waals surface area contributed by atoms with Crippen LogP contribution < -0.4 is 10.6 Å². The number of carbonyl (C=O) groups is 1. The Labute approximate surface area is 189 Å². The van der Waals surface area contributed by atoms with Crippen LogP contribution in [0.3, 0.4) is 0 Å². The highest BCUT2D eigenvalue weighted by molar-refractivity contribution is 5.99. The molecular weight excluding hydrogens is 402 g/mol. The molecule has 3 aromatic rings. The van der Waals surface area contributed by atoms with Crippen molar-refractivity contribution in [2.24, 2.45) is 7.05 Å². The van der Waals surface area contributed by atoms with Crippen LogP contribution in [0, 0.1) is 0 Å². The lowest BCUT2D eigenvalue weighted by Crippen LogP contribution is -2.46. The summed E-state index contributed by atoms with van der Waals surface area (Å²) < 4.78 is 2.12. The minimum atomic E-state index is -0.0192. The molecule has 2 heterocycles. The van der Waals surface area contributed by atoms with E-state index in [1.165, 1.54) is 5.56 Å². The minimum Gasteiger partial charge on any atom is -0.508 e. The van der Waals surface area contributed by atoms with Gasteiger partial charge < -0.3 is 20.3 Å². The van der Waals surface area contributed by atoms with Crippen LogP contribution in [0.2, 0.25) is 0 Å². The van der Waals surface area contributed by atoms with E-state index in [0.717, 1.165) is 62.3 Å². The Morgan fingerprint density at radius 1 is 1.12 bits per heavy atom. The standard InChI is InChI=1S/C25H33N5O2/c1-28(16-19-3-6-22(31)7-4-19)17-21-18-29(2)24-8-5-20(15-23(21)24)25(32)27-11-14-30-12-9-26-10-13-30/h3-8,15,18,26,31H,9-14,16-17H2,1-2H3,(H,27,32). The van der Waals surface area contributed by atoms with Gasteiger partial charge in [0.2, 0.25) is 0 Å². The first-order valence-electron chi connectivity index (χ1n) is 11.3. The highest BCUT2D eigenvalue weighted by Gasteiger charge is 2.14. The van der Waals surface area contributed by atoms with E-state index in [0.29, 0.717) is 12.1 Å². The molecule has 7 nitrogen and oxygen atoms in total. The monoisotopic (exact) mass is 435 g/mol. The molecule has 0 aliphatic carbocycles. The summed E-state index contributed by atoms with van der Waals surface area (Å²) in [5.41, 5.74) is 4.16. The number of rotatable bonds is 8. The van der Waals surface area contributed by atoms with Crippen molar-refractivity contribution in [3.05, 3.63) is 65.4 Å². The molecule has 1 aliphatic rings. The topological polar surface area (TPSA) is 72.8 Å². The van der Waals surface area contributed by atoms with Crippen LogP contribution in [0.5, 0.6) is 5.75 Å². The maximum absolute atomic E-state index is 12.8. The summed E-state index contributed by atoms with van der Waals surface area (Å²) in [4.78, 5) is 17.4. The summed E-state index contributed by atoms with van der Waals surface area (Å²) in [6, 6.07) is 13.3. The molecule has 1 aliphatic heterocycles. The number of aromatic hydroxyl groups is 1. The lowest BCUT2D eigenvalue weighted by molar-refractivity contribution is 0.0947.